The van der Waals surface area contributed by atoms with E-state index in [1.54, 1.807) is 12.3 Å². The smallest absolute Gasteiger partial charge is 0.275 e. The summed E-state index contributed by atoms with van der Waals surface area (Å²) in [5, 5.41) is 7.17. The zero-order valence-electron chi connectivity index (χ0n) is 12.7. The molecular weight excluding hydrogens is 362 g/mol. The lowest BCUT2D eigenvalue weighted by Crippen LogP contribution is -2.87. The third-order valence-corrected chi connectivity index (χ3v) is 3.93. The second kappa shape index (κ2) is 8.50. The normalized spacial score (nSPS) is 11.7. The van der Waals surface area contributed by atoms with Crippen molar-refractivity contribution in [2.45, 2.75) is 13.0 Å². The van der Waals surface area contributed by atoms with Gasteiger partial charge in [0.2, 0.25) is 5.91 Å². The molecule has 1 atom stereocenters. The largest absolute Gasteiger partial charge is 0.463 e. The number of carbonyl (C=O) groups excluding carboxylic acids is 2. The maximum atomic E-state index is 11.8. The van der Waals surface area contributed by atoms with E-state index in [0.29, 0.717) is 5.69 Å². The number of carbonyl (C=O) groups is 2. The van der Waals surface area contributed by atoms with Gasteiger partial charge in [0, 0.05) is 4.47 Å². The zero-order valence-corrected chi connectivity index (χ0v) is 14.3. The molecule has 0 spiro atoms. The highest BCUT2D eigenvalue weighted by atomic mass is 79.9. The summed E-state index contributed by atoms with van der Waals surface area (Å²) in [6, 6.07) is 11.0. The van der Waals surface area contributed by atoms with Gasteiger partial charge in [0.1, 0.15) is 6.04 Å². The number of anilines is 1. The van der Waals surface area contributed by atoms with E-state index in [1.807, 2.05) is 42.6 Å². The molecule has 2 aromatic rings. The van der Waals surface area contributed by atoms with Gasteiger partial charge >= 0.3 is 0 Å². The minimum atomic E-state index is -0.274. The number of amides is 2. The van der Waals surface area contributed by atoms with Gasteiger partial charge in [-0.2, -0.15) is 0 Å². The lowest BCUT2D eigenvalue weighted by atomic mass is 10.2. The Labute approximate surface area is 142 Å². The summed E-state index contributed by atoms with van der Waals surface area (Å²) in [5.74, 6) is 0.333. The van der Waals surface area contributed by atoms with Crippen molar-refractivity contribution in [3.63, 3.8) is 0 Å². The second-order valence-electron chi connectivity index (χ2n) is 5.05. The number of halogens is 1. The number of rotatable bonds is 7. The van der Waals surface area contributed by atoms with Gasteiger partial charge in [-0.1, -0.05) is 12.1 Å². The molecule has 0 fully saturated rings. The van der Waals surface area contributed by atoms with Gasteiger partial charge in [-0.25, -0.2) is 0 Å². The molecule has 1 aromatic heterocycles. The van der Waals surface area contributed by atoms with Crippen LogP contribution >= 0.6 is 15.9 Å². The van der Waals surface area contributed by atoms with Crippen molar-refractivity contribution in [2.75, 3.05) is 18.4 Å². The molecule has 6 nitrogen and oxygen atoms in total. The maximum Gasteiger partial charge on any atom is 0.275 e. The van der Waals surface area contributed by atoms with Crippen LogP contribution < -0.4 is 16.0 Å². The van der Waals surface area contributed by atoms with Crippen LogP contribution in [0.3, 0.4) is 0 Å². The molecular formula is C16H19BrN3O3+. The fraction of sp³-hybridized carbons (Fsp3) is 0.250. The van der Waals surface area contributed by atoms with Crippen LogP contribution in [0.5, 0.6) is 0 Å². The van der Waals surface area contributed by atoms with Crippen molar-refractivity contribution in [1.82, 2.24) is 5.32 Å². The molecule has 7 heteroatoms. The van der Waals surface area contributed by atoms with Gasteiger partial charge in [-0.15, -0.1) is 0 Å². The van der Waals surface area contributed by atoms with Gasteiger partial charge in [-0.3, -0.25) is 9.59 Å². The Hall–Kier alpha value is -2.12. The molecule has 0 radical (unpaired) electrons. The van der Waals surface area contributed by atoms with Crippen LogP contribution in [0.15, 0.2) is 51.6 Å². The van der Waals surface area contributed by atoms with Crippen molar-refractivity contribution in [3.8, 4) is 0 Å². The molecule has 2 amide bonds. The Kier molecular flexibility index (Phi) is 6.37. The van der Waals surface area contributed by atoms with Crippen molar-refractivity contribution >= 4 is 33.4 Å². The van der Waals surface area contributed by atoms with Crippen LogP contribution in [-0.4, -0.2) is 24.9 Å². The van der Waals surface area contributed by atoms with Crippen LogP contribution in [0.1, 0.15) is 18.7 Å². The quantitative estimate of drug-likeness (QED) is 0.678. The topological polar surface area (TPSA) is 88.0 Å². The Bertz CT molecular complexity index is 658. The van der Waals surface area contributed by atoms with E-state index in [4.69, 9.17) is 4.42 Å². The van der Waals surface area contributed by atoms with Gasteiger partial charge in [-0.05, 0) is 47.1 Å². The van der Waals surface area contributed by atoms with E-state index in [1.165, 1.54) is 0 Å². The summed E-state index contributed by atoms with van der Waals surface area (Å²) in [5.41, 5.74) is 0.671. The number of nitrogens with two attached hydrogens (primary N) is 1. The number of nitrogens with one attached hydrogen (secondary N) is 2. The molecule has 0 aliphatic heterocycles. The third kappa shape index (κ3) is 5.54. The molecule has 122 valence electrons. The summed E-state index contributed by atoms with van der Waals surface area (Å²) in [6.45, 7) is 2.11. The first-order valence-electron chi connectivity index (χ1n) is 7.24. The van der Waals surface area contributed by atoms with Crippen LogP contribution in [-0.2, 0) is 9.59 Å². The maximum absolute atomic E-state index is 11.8. The van der Waals surface area contributed by atoms with Gasteiger partial charge < -0.3 is 20.4 Å². The predicted octanol–water partition coefficient (Wildman–Crippen LogP) is 1.42. The van der Waals surface area contributed by atoms with Gasteiger partial charge in [0.05, 0.1) is 18.5 Å². The Morgan fingerprint density at radius 3 is 2.70 bits per heavy atom. The number of hydrogen-bond acceptors (Lipinski definition) is 3. The third-order valence-electron chi connectivity index (χ3n) is 3.24. The molecule has 4 N–H and O–H groups in total. The van der Waals surface area contributed by atoms with Crippen LogP contribution in [0.2, 0.25) is 0 Å². The first-order valence-corrected chi connectivity index (χ1v) is 8.03. The highest BCUT2D eigenvalue weighted by Gasteiger charge is 2.14. The van der Waals surface area contributed by atoms with Crippen molar-refractivity contribution in [3.05, 3.63) is 52.9 Å². The fourth-order valence-corrected chi connectivity index (χ4v) is 2.34. The molecule has 0 unspecified atom stereocenters. The number of quaternary nitrogens is 1. The SMILES string of the molecule is C[C@@H]([NH2+]CC(=O)NCC(=O)Nc1ccccc1Br)c1ccco1. The minimum absolute atomic E-state index is 0.0462. The molecule has 23 heavy (non-hydrogen) atoms. The van der Waals surface area contributed by atoms with Crippen LogP contribution in [0.4, 0.5) is 5.69 Å². The first kappa shape index (κ1) is 17.2. The molecule has 0 aliphatic rings. The lowest BCUT2D eigenvalue weighted by Gasteiger charge is -2.09. The Morgan fingerprint density at radius 2 is 2.00 bits per heavy atom. The molecule has 1 heterocycles. The average molecular weight is 381 g/mol. The van der Waals surface area contributed by atoms with E-state index in [9.17, 15) is 9.59 Å². The number of benzene rings is 1. The van der Waals surface area contributed by atoms with Crippen molar-refractivity contribution in [1.29, 1.82) is 0 Å². The molecule has 0 bridgehead atoms. The van der Waals surface area contributed by atoms with Gasteiger partial charge in [0.15, 0.2) is 12.3 Å². The summed E-state index contributed by atoms with van der Waals surface area (Å²) in [7, 11) is 0. The zero-order chi connectivity index (χ0) is 16.7. The number of para-hydroxylation sites is 1. The number of furan rings is 1. The van der Waals surface area contributed by atoms with Crippen LogP contribution in [0, 0.1) is 0 Å². The fourth-order valence-electron chi connectivity index (χ4n) is 1.96. The van der Waals surface area contributed by atoms with Crippen molar-refractivity contribution in [2.24, 2.45) is 0 Å². The summed E-state index contributed by atoms with van der Waals surface area (Å²) in [6.07, 6.45) is 1.60. The monoisotopic (exact) mass is 380 g/mol. The summed E-state index contributed by atoms with van der Waals surface area (Å²) >= 11 is 3.35. The number of hydrogen-bond donors (Lipinski definition) is 3. The standard InChI is InChI=1S/C16H18BrN3O3/c1-11(14-7-4-8-23-14)18-9-15(21)19-10-16(22)20-13-6-3-2-5-12(13)17/h2-8,11,18H,9-10H2,1H3,(H,19,21)(H,20,22)/p+1/t11-/m1/s1. The van der Waals surface area contributed by atoms with E-state index in [0.717, 1.165) is 10.2 Å². The molecule has 0 saturated carbocycles. The highest BCUT2D eigenvalue weighted by Crippen LogP contribution is 2.20. The van der Waals surface area contributed by atoms with E-state index < -0.39 is 0 Å². The van der Waals surface area contributed by atoms with E-state index in [-0.39, 0.29) is 30.9 Å². The second-order valence-corrected chi connectivity index (χ2v) is 5.90. The first-order chi connectivity index (χ1) is 11.1. The van der Waals surface area contributed by atoms with Crippen molar-refractivity contribution < 1.29 is 19.3 Å². The Morgan fingerprint density at radius 1 is 1.22 bits per heavy atom. The summed E-state index contributed by atoms with van der Waals surface area (Å²) in [4.78, 5) is 23.6. The average Bonchev–Trinajstić information content (AvgIpc) is 3.07. The molecule has 1 aromatic carbocycles. The highest BCUT2D eigenvalue weighted by molar-refractivity contribution is 9.10. The molecule has 2 rings (SSSR count). The van der Waals surface area contributed by atoms with Crippen LogP contribution in [0.25, 0.3) is 0 Å². The Balaban J connectivity index is 1.70. The van der Waals surface area contributed by atoms with E-state index in [2.05, 4.69) is 26.6 Å². The minimum Gasteiger partial charge on any atom is -0.463 e. The molecule has 0 saturated heterocycles. The summed E-state index contributed by atoms with van der Waals surface area (Å²) < 4.78 is 6.06. The van der Waals surface area contributed by atoms with E-state index >= 15 is 0 Å². The van der Waals surface area contributed by atoms with Gasteiger partial charge in [0.25, 0.3) is 5.91 Å². The predicted molar refractivity (Wildman–Crippen MR) is 89.7 cm³/mol. The lowest BCUT2D eigenvalue weighted by molar-refractivity contribution is -0.684. The molecule has 0 aliphatic carbocycles.